The van der Waals surface area contributed by atoms with Crippen LogP contribution in [0.3, 0.4) is 0 Å². The van der Waals surface area contributed by atoms with Gasteiger partial charge in [-0.2, -0.15) is 5.10 Å². The Labute approximate surface area is 133 Å². The average molecular weight is 329 g/mol. The quantitative estimate of drug-likeness (QED) is 0.784. The van der Waals surface area contributed by atoms with Gasteiger partial charge in [0.1, 0.15) is 11.6 Å². The van der Waals surface area contributed by atoms with Gasteiger partial charge < -0.3 is 4.74 Å². The molecule has 118 valence electrons. The van der Waals surface area contributed by atoms with Gasteiger partial charge in [-0.3, -0.25) is 4.72 Å². The molecule has 0 spiro atoms. The molecule has 1 aliphatic rings. The summed E-state index contributed by atoms with van der Waals surface area (Å²) in [7, 11) is -1.64. The van der Waals surface area contributed by atoms with E-state index in [2.05, 4.69) is 9.82 Å². The van der Waals surface area contributed by atoms with Gasteiger partial charge in [-0.15, -0.1) is 0 Å². The number of methoxy groups -OCH3 is 1. The number of ether oxygens (including phenoxy) is 1. The van der Waals surface area contributed by atoms with Gasteiger partial charge in [-0.25, -0.2) is 13.1 Å². The molecule has 0 unspecified atom stereocenters. The van der Waals surface area contributed by atoms with Gasteiger partial charge in [0.15, 0.2) is 0 Å². The van der Waals surface area contributed by atoms with Crippen molar-refractivity contribution in [1.82, 2.24) is 9.78 Å². The van der Waals surface area contributed by atoms with E-state index in [4.69, 9.17) is 4.74 Å². The third-order valence-corrected chi connectivity index (χ3v) is 5.25. The maximum atomic E-state index is 11.8. The van der Waals surface area contributed by atoms with E-state index in [0.29, 0.717) is 12.4 Å². The van der Waals surface area contributed by atoms with Crippen LogP contribution in [-0.2, 0) is 16.6 Å². The Bertz CT molecular complexity index is 1010. The van der Waals surface area contributed by atoms with Crippen LogP contribution in [0.1, 0.15) is 0 Å². The Balaban J connectivity index is 1.83. The molecule has 0 atom stereocenters. The van der Waals surface area contributed by atoms with Crippen molar-refractivity contribution in [2.75, 3.05) is 17.6 Å². The fourth-order valence-corrected chi connectivity index (χ4v) is 3.82. The first-order valence-electron chi connectivity index (χ1n) is 7.20. The van der Waals surface area contributed by atoms with Crippen molar-refractivity contribution in [3.05, 3.63) is 42.6 Å². The summed E-state index contributed by atoms with van der Waals surface area (Å²) in [6.45, 7) is 0.370. The minimum atomic E-state index is -3.28. The number of benzene rings is 2. The van der Waals surface area contributed by atoms with Crippen LogP contribution in [0.15, 0.2) is 42.6 Å². The topological polar surface area (TPSA) is 73.2 Å². The molecule has 0 bridgehead atoms. The van der Waals surface area contributed by atoms with Crippen LogP contribution in [0.5, 0.6) is 5.75 Å². The average Bonchev–Trinajstić information content (AvgIpc) is 2.95. The number of aryl methyl sites for hydroxylation is 1. The van der Waals surface area contributed by atoms with E-state index in [-0.39, 0.29) is 5.75 Å². The van der Waals surface area contributed by atoms with Crippen LogP contribution in [0.2, 0.25) is 0 Å². The van der Waals surface area contributed by atoms with Crippen LogP contribution in [-0.4, -0.2) is 31.1 Å². The van der Waals surface area contributed by atoms with Crippen molar-refractivity contribution in [3.8, 4) is 16.9 Å². The number of hydrogen-bond donors (Lipinski definition) is 1. The van der Waals surface area contributed by atoms with Crippen molar-refractivity contribution >= 4 is 26.6 Å². The fraction of sp³-hybridized carbons (Fsp3) is 0.188. The first-order chi connectivity index (χ1) is 11.1. The summed E-state index contributed by atoms with van der Waals surface area (Å²) >= 11 is 0. The van der Waals surface area contributed by atoms with E-state index in [0.717, 1.165) is 27.6 Å². The monoisotopic (exact) mass is 329 g/mol. The zero-order chi connectivity index (χ0) is 16.0. The van der Waals surface area contributed by atoms with Crippen molar-refractivity contribution in [3.63, 3.8) is 0 Å². The van der Waals surface area contributed by atoms with E-state index >= 15 is 0 Å². The van der Waals surface area contributed by atoms with E-state index < -0.39 is 10.0 Å². The molecule has 1 N–H and O–H groups in total. The molecule has 7 heteroatoms. The number of nitrogens with one attached hydrogen (secondary N) is 1. The number of nitrogens with zero attached hydrogens (tertiary/aromatic N) is 2. The van der Waals surface area contributed by atoms with E-state index in [1.54, 1.807) is 18.0 Å². The number of fused-ring (bicyclic) bond motifs is 2. The van der Waals surface area contributed by atoms with Crippen molar-refractivity contribution in [2.24, 2.45) is 0 Å². The second-order valence-corrected chi connectivity index (χ2v) is 7.32. The number of hydrogen-bond acceptors (Lipinski definition) is 4. The van der Waals surface area contributed by atoms with Gasteiger partial charge in [-0.05, 0) is 34.5 Å². The Morgan fingerprint density at radius 2 is 1.96 bits per heavy atom. The van der Waals surface area contributed by atoms with E-state index in [9.17, 15) is 8.42 Å². The van der Waals surface area contributed by atoms with Crippen molar-refractivity contribution < 1.29 is 13.2 Å². The summed E-state index contributed by atoms with van der Waals surface area (Å²) in [5, 5.41) is 6.40. The third kappa shape index (κ3) is 2.43. The SMILES string of the molecule is COc1ccc2cc(-c3cnn4c3NS(=O)(=O)CC4)ccc2c1. The van der Waals surface area contributed by atoms with Crippen LogP contribution in [0.25, 0.3) is 21.9 Å². The predicted octanol–water partition coefficient (Wildman–Crippen LogP) is 2.47. The molecular formula is C16H15N3O3S. The van der Waals surface area contributed by atoms with Gasteiger partial charge in [0, 0.05) is 5.56 Å². The summed E-state index contributed by atoms with van der Waals surface area (Å²) < 4.78 is 33.1. The molecule has 3 aromatic rings. The lowest BCUT2D eigenvalue weighted by atomic mass is 10.0. The first kappa shape index (κ1) is 14.1. The number of anilines is 1. The van der Waals surface area contributed by atoms with Crippen molar-refractivity contribution in [1.29, 1.82) is 0 Å². The first-order valence-corrected chi connectivity index (χ1v) is 8.85. The number of rotatable bonds is 2. The standard InChI is InChI=1S/C16H15N3O3S/c1-22-14-5-4-11-8-13(3-2-12(11)9-14)15-10-17-19-6-7-23(20,21)18-16(15)19/h2-5,8-10,18H,6-7H2,1H3. The number of sulfonamides is 1. The summed E-state index contributed by atoms with van der Waals surface area (Å²) in [5.74, 6) is 1.39. The predicted molar refractivity (Wildman–Crippen MR) is 89.1 cm³/mol. The third-order valence-electron chi connectivity index (χ3n) is 4.02. The van der Waals surface area contributed by atoms with Crippen LogP contribution in [0.4, 0.5) is 5.82 Å². The zero-order valence-corrected chi connectivity index (χ0v) is 13.3. The maximum Gasteiger partial charge on any atom is 0.235 e. The van der Waals surface area contributed by atoms with Gasteiger partial charge in [-0.1, -0.05) is 18.2 Å². The molecule has 2 heterocycles. The normalized spacial score (nSPS) is 15.9. The van der Waals surface area contributed by atoms with Gasteiger partial charge in [0.05, 0.1) is 25.6 Å². The van der Waals surface area contributed by atoms with Crippen LogP contribution >= 0.6 is 0 Å². The fourth-order valence-electron chi connectivity index (χ4n) is 2.80. The van der Waals surface area contributed by atoms with Gasteiger partial charge in [0.2, 0.25) is 10.0 Å². The van der Waals surface area contributed by atoms with Gasteiger partial charge >= 0.3 is 0 Å². The van der Waals surface area contributed by atoms with Gasteiger partial charge in [0.25, 0.3) is 0 Å². The smallest absolute Gasteiger partial charge is 0.235 e. The van der Waals surface area contributed by atoms with Crippen LogP contribution < -0.4 is 9.46 Å². The van der Waals surface area contributed by atoms with Crippen LogP contribution in [0, 0.1) is 0 Å². The minimum Gasteiger partial charge on any atom is -0.497 e. The Morgan fingerprint density at radius 3 is 2.78 bits per heavy atom. The summed E-state index contributed by atoms with van der Waals surface area (Å²) in [5.41, 5.74) is 1.71. The highest BCUT2D eigenvalue weighted by Crippen LogP contribution is 2.33. The lowest BCUT2D eigenvalue weighted by molar-refractivity contribution is 0.415. The number of aromatic nitrogens is 2. The molecule has 0 saturated heterocycles. The highest BCUT2D eigenvalue weighted by Gasteiger charge is 2.24. The molecule has 1 aromatic heterocycles. The molecule has 23 heavy (non-hydrogen) atoms. The van der Waals surface area contributed by atoms with Crippen molar-refractivity contribution in [2.45, 2.75) is 6.54 Å². The Hall–Kier alpha value is -2.54. The summed E-state index contributed by atoms with van der Waals surface area (Å²) in [6.07, 6.45) is 1.70. The van der Waals surface area contributed by atoms with E-state index in [1.165, 1.54) is 0 Å². The second-order valence-electron chi connectivity index (χ2n) is 5.48. The lowest BCUT2D eigenvalue weighted by Crippen LogP contribution is -2.28. The maximum absolute atomic E-state index is 11.8. The molecule has 1 aliphatic heterocycles. The molecule has 4 rings (SSSR count). The molecule has 0 saturated carbocycles. The molecule has 6 nitrogen and oxygen atoms in total. The summed E-state index contributed by atoms with van der Waals surface area (Å²) in [4.78, 5) is 0. The molecule has 0 amide bonds. The Morgan fingerprint density at radius 1 is 1.17 bits per heavy atom. The van der Waals surface area contributed by atoms with E-state index in [1.807, 2.05) is 36.4 Å². The summed E-state index contributed by atoms with van der Waals surface area (Å²) in [6, 6.07) is 11.8. The molecule has 0 radical (unpaired) electrons. The zero-order valence-electron chi connectivity index (χ0n) is 12.5. The molecular weight excluding hydrogens is 314 g/mol. The molecule has 0 fully saturated rings. The Kier molecular flexibility index (Phi) is 3.05. The minimum absolute atomic E-state index is 0.0542. The highest BCUT2D eigenvalue weighted by atomic mass is 32.2. The highest BCUT2D eigenvalue weighted by molar-refractivity contribution is 7.92. The largest absolute Gasteiger partial charge is 0.497 e. The second kappa shape index (κ2) is 4.99. The molecule has 0 aliphatic carbocycles. The molecule has 2 aromatic carbocycles. The lowest BCUT2D eigenvalue weighted by Gasteiger charge is -2.17.